The monoisotopic (exact) mass is 261 g/mol. The third kappa shape index (κ3) is 2.68. The van der Waals surface area contributed by atoms with Crippen molar-refractivity contribution >= 4 is 0 Å². The molecule has 0 fully saturated rings. The van der Waals surface area contributed by atoms with Crippen LogP contribution in [0.4, 0.5) is 0 Å². The van der Waals surface area contributed by atoms with Gasteiger partial charge in [-0.1, -0.05) is 6.42 Å². The van der Waals surface area contributed by atoms with Gasteiger partial charge in [-0.05, 0) is 19.8 Å². The maximum atomic E-state index is 5.22. The van der Waals surface area contributed by atoms with E-state index in [1.54, 1.807) is 6.20 Å². The molecule has 0 aliphatic carbocycles. The van der Waals surface area contributed by atoms with Crippen LogP contribution in [0.15, 0.2) is 17.0 Å². The van der Waals surface area contributed by atoms with Crippen molar-refractivity contribution in [3.63, 3.8) is 0 Å². The molecule has 0 saturated carbocycles. The number of rotatable bonds is 4. The molecule has 3 rings (SSSR count). The van der Waals surface area contributed by atoms with E-state index in [4.69, 9.17) is 4.42 Å². The van der Waals surface area contributed by atoms with Gasteiger partial charge in [0.15, 0.2) is 6.39 Å². The zero-order chi connectivity index (χ0) is 13.1. The minimum Gasteiger partial charge on any atom is -0.447 e. The molecule has 1 aliphatic heterocycles. The molecule has 1 aliphatic rings. The topological polar surface area (TPSA) is 68.8 Å². The first-order valence-corrected chi connectivity index (χ1v) is 6.87. The van der Waals surface area contributed by atoms with Gasteiger partial charge >= 0.3 is 0 Å². The molecule has 102 valence electrons. The Morgan fingerprint density at radius 2 is 2.32 bits per heavy atom. The molecular formula is C13H19N5O. The van der Waals surface area contributed by atoms with Gasteiger partial charge in [0, 0.05) is 13.0 Å². The third-order valence-corrected chi connectivity index (χ3v) is 3.59. The van der Waals surface area contributed by atoms with E-state index >= 15 is 0 Å². The second-order valence-electron chi connectivity index (χ2n) is 5.01. The van der Waals surface area contributed by atoms with Crippen LogP contribution in [-0.4, -0.2) is 19.7 Å². The van der Waals surface area contributed by atoms with E-state index in [2.05, 4.69) is 32.0 Å². The summed E-state index contributed by atoms with van der Waals surface area (Å²) in [6.07, 6.45) is 7.93. The summed E-state index contributed by atoms with van der Waals surface area (Å²) in [7, 11) is 0. The lowest BCUT2D eigenvalue weighted by Crippen LogP contribution is -2.22. The van der Waals surface area contributed by atoms with Crippen LogP contribution >= 0.6 is 0 Å². The largest absolute Gasteiger partial charge is 0.447 e. The van der Waals surface area contributed by atoms with Crippen LogP contribution in [0.2, 0.25) is 0 Å². The fourth-order valence-electron chi connectivity index (χ4n) is 2.50. The highest BCUT2D eigenvalue weighted by molar-refractivity contribution is 5.02. The van der Waals surface area contributed by atoms with Crippen molar-refractivity contribution in [2.24, 2.45) is 0 Å². The molecular weight excluding hydrogens is 242 g/mol. The second-order valence-corrected chi connectivity index (χ2v) is 5.01. The molecule has 0 amide bonds. The highest BCUT2D eigenvalue weighted by Gasteiger charge is 2.18. The molecule has 6 nitrogen and oxygen atoms in total. The van der Waals surface area contributed by atoms with Crippen LogP contribution in [-0.2, 0) is 19.5 Å². The van der Waals surface area contributed by atoms with Crippen molar-refractivity contribution in [1.82, 2.24) is 25.1 Å². The van der Waals surface area contributed by atoms with E-state index in [1.807, 2.05) is 0 Å². The van der Waals surface area contributed by atoms with E-state index < -0.39 is 0 Å². The average Bonchev–Trinajstić information content (AvgIpc) is 3.02. The lowest BCUT2D eigenvalue weighted by atomic mass is 10.2. The van der Waals surface area contributed by atoms with Crippen molar-refractivity contribution in [3.05, 3.63) is 30.0 Å². The summed E-state index contributed by atoms with van der Waals surface area (Å²) in [6.45, 7) is 3.80. The molecule has 0 spiro atoms. The van der Waals surface area contributed by atoms with Gasteiger partial charge in [-0.25, -0.2) is 4.98 Å². The van der Waals surface area contributed by atoms with Crippen molar-refractivity contribution in [1.29, 1.82) is 0 Å². The van der Waals surface area contributed by atoms with E-state index in [9.17, 15) is 0 Å². The number of nitrogens with zero attached hydrogens (tertiary/aromatic N) is 4. The molecule has 1 N–H and O–H groups in total. The van der Waals surface area contributed by atoms with E-state index in [1.165, 1.54) is 25.7 Å². The van der Waals surface area contributed by atoms with Gasteiger partial charge in [-0.2, -0.15) is 0 Å². The van der Waals surface area contributed by atoms with Crippen LogP contribution < -0.4 is 5.32 Å². The molecule has 1 unspecified atom stereocenters. The smallest absolute Gasteiger partial charge is 0.180 e. The van der Waals surface area contributed by atoms with Gasteiger partial charge in [0.1, 0.15) is 17.4 Å². The highest BCUT2D eigenvalue weighted by atomic mass is 16.3. The number of nitrogens with one attached hydrogen (secondary N) is 1. The second kappa shape index (κ2) is 5.52. The molecule has 0 aromatic carbocycles. The number of oxazole rings is 1. The fraction of sp³-hybridized carbons (Fsp3) is 0.615. The van der Waals surface area contributed by atoms with Crippen molar-refractivity contribution < 1.29 is 4.42 Å². The van der Waals surface area contributed by atoms with Crippen LogP contribution in [0, 0.1) is 0 Å². The van der Waals surface area contributed by atoms with E-state index in [0.29, 0.717) is 6.54 Å². The molecule has 2 aromatic rings. The Morgan fingerprint density at radius 1 is 1.37 bits per heavy atom. The summed E-state index contributed by atoms with van der Waals surface area (Å²) in [5.74, 6) is 2.99. The van der Waals surface area contributed by atoms with Crippen LogP contribution in [0.5, 0.6) is 0 Å². The highest BCUT2D eigenvalue weighted by Crippen LogP contribution is 2.18. The Hall–Kier alpha value is -1.69. The first-order chi connectivity index (χ1) is 9.34. The minimum absolute atomic E-state index is 0.157. The lowest BCUT2D eigenvalue weighted by Gasteiger charge is -2.14. The Balaban J connectivity index is 1.69. The maximum absolute atomic E-state index is 5.22. The SMILES string of the molecule is CC(NCc1cnco1)c1nnc2n1CCCCC2. The molecule has 3 heterocycles. The van der Waals surface area contributed by atoms with Crippen LogP contribution in [0.25, 0.3) is 0 Å². The van der Waals surface area contributed by atoms with Gasteiger partial charge in [-0.15, -0.1) is 10.2 Å². The van der Waals surface area contributed by atoms with Gasteiger partial charge in [0.25, 0.3) is 0 Å². The Morgan fingerprint density at radius 3 is 3.16 bits per heavy atom. The van der Waals surface area contributed by atoms with Gasteiger partial charge in [0.05, 0.1) is 18.8 Å². The predicted molar refractivity (Wildman–Crippen MR) is 69.3 cm³/mol. The zero-order valence-corrected chi connectivity index (χ0v) is 11.2. The quantitative estimate of drug-likeness (QED) is 0.909. The summed E-state index contributed by atoms with van der Waals surface area (Å²) < 4.78 is 7.49. The third-order valence-electron chi connectivity index (χ3n) is 3.59. The van der Waals surface area contributed by atoms with Crippen LogP contribution in [0.3, 0.4) is 0 Å². The number of hydrogen-bond acceptors (Lipinski definition) is 5. The lowest BCUT2D eigenvalue weighted by molar-refractivity contribution is 0.441. The average molecular weight is 261 g/mol. The number of aromatic nitrogens is 4. The van der Waals surface area contributed by atoms with Crippen molar-refractivity contribution in [2.45, 2.75) is 51.7 Å². The molecule has 1 atom stereocenters. The van der Waals surface area contributed by atoms with Gasteiger partial charge in [-0.3, -0.25) is 0 Å². The number of hydrogen-bond donors (Lipinski definition) is 1. The normalized spacial score (nSPS) is 16.9. The molecule has 0 saturated heterocycles. The fourth-order valence-corrected chi connectivity index (χ4v) is 2.50. The van der Waals surface area contributed by atoms with E-state index in [0.717, 1.165) is 30.4 Å². The molecule has 6 heteroatoms. The summed E-state index contributed by atoms with van der Waals surface area (Å²) in [4.78, 5) is 3.91. The molecule has 0 radical (unpaired) electrons. The number of fused-ring (bicyclic) bond motifs is 1. The zero-order valence-electron chi connectivity index (χ0n) is 11.2. The standard InChI is InChI=1S/C13H19N5O/c1-10(15-8-11-7-14-9-19-11)13-17-16-12-5-3-2-4-6-18(12)13/h7,9-10,15H,2-6,8H2,1H3. The Kier molecular flexibility index (Phi) is 3.59. The first-order valence-electron chi connectivity index (χ1n) is 6.87. The summed E-state index contributed by atoms with van der Waals surface area (Å²) in [6, 6.07) is 0.157. The summed E-state index contributed by atoms with van der Waals surface area (Å²) in [5.41, 5.74) is 0. The van der Waals surface area contributed by atoms with Crippen molar-refractivity contribution in [2.75, 3.05) is 0 Å². The van der Waals surface area contributed by atoms with Crippen LogP contribution in [0.1, 0.15) is 49.6 Å². The molecule has 2 aromatic heterocycles. The Bertz CT molecular complexity index is 519. The minimum atomic E-state index is 0.157. The van der Waals surface area contributed by atoms with Gasteiger partial charge in [0.2, 0.25) is 0 Å². The van der Waals surface area contributed by atoms with Crippen molar-refractivity contribution in [3.8, 4) is 0 Å². The summed E-state index contributed by atoms with van der Waals surface area (Å²) in [5, 5.41) is 12.1. The molecule has 0 bridgehead atoms. The van der Waals surface area contributed by atoms with Gasteiger partial charge < -0.3 is 14.3 Å². The van der Waals surface area contributed by atoms with E-state index in [-0.39, 0.29) is 6.04 Å². The number of aryl methyl sites for hydroxylation is 1. The predicted octanol–water partition coefficient (Wildman–Crippen LogP) is 1.84. The first kappa shape index (κ1) is 12.3. The Labute approximate surface area is 112 Å². The molecule has 19 heavy (non-hydrogen) atoms. The summed E-state index contributed by atoms with van der Waals surface area (Å²) >= 11 is 0. The maximum Gasteiger partial charge on any atom is 0.180 e.